The van der Waals surface area contributed by atoms with E-state index in [0.717, 1.165) is 35.9 Å². The lowest BCUT2D eigenvalue weighted by molar-refractivity contribution is 0.173. The minimum atomic E-state index is 0.202. The number of hydrogen-bond donors (Lipinski definition) is 1. The highest BCUT2D eigenvalue weighted by atomic mass is 35.5. The van der Waals surface area contributed by atoms with Gasteiger partial charge in [-0.25, -0.2) is 0 Å². The van der Waals surface area contributed by atoms with Gasteiger partial charge in [-0.15, -0.1) is 0 Å². The predicted molar refractivity (Wildman–Crippen MR) is 78.3 cm³/mol. The molecular weight excluding hydrogens is 284 g/mol. The van der Waals surface area contributed by atoms with Crippen LogP contribution >= 0.6 is 23.4 Å². The molecular formula is C13H17ClN2O2S. The van der Waals surface area contributed by atoms with E-state index in [2.05, 4.69) is 4.90 Å². The summed E-state index contributed by atoms with van der Waals surface area (Å²) in [6, 6.07) is 4.16. The van der Waals surface area contributed by atoms with Crippen LogP contribution in [0.15, 0.2) is 12.1 Å². The zero-order chi connectivity index (χ0) is 13.2. The van der Waals surface area contributed by atoms with E-state index in [1.54, 1.807) is 0 Å². The minimum absolute atomic E-state index is 0.202. The molecule has 104 valence electrons. The standard InChI is InChI=1S/C13H17ClN2O2S/c14-10-5-9(6-12-13(10)18-8-17-12)11(7-15)16-1-3-19-4-2-16/h5-6,11H,1-4,7-8,15H2. The molecule has 1 aromatic rings. The Labute approximate surface area is 122 Å². The molecule has 0 amide bonds. The average Bonchev–Trinajstić information content (AvgIpc) is 2.90. The zero-order valence-electron chi connectivity index (χ0n) is 10.6. The van der Waals surface area contributed by atoms with E-state index >= 15 is 0 Å². The van der Waals surface area contributed by atoms with Crippen LogP contribution in [-0.2, 0) is 0 Å². The third-order valence-corrected chi connectivity index (χ3v) is 4.77. The van der Waals surface area contributed by atoms with Crippen LogP contribution in [0.3, 0.4) is 0 Å². The first-order chi connectivity index (χ1) is 9.29. The first kappa shape index (κ1) is 13.4. The molecule has 0 aromatic heterocycles. The van der Waals surface area contributed by atoms with Crippen molar-refractivity contribution in [2.24, 2.45) is 5.73 Å². The highest BCUT2D eigenvalue weighted by molar-refractivity contribution is 7.99. The van der Waals surface area contributed by atoms with Crippen molar-refractivity contribution in [2.45, 2.75) is 6.04 Å². The topological polar surface area (TPSA) is 47.7 Å². The molecule has 0 bridgehead atoms. The maximum atomic E-state index is 6.25. The van der Waals surface area contributed by atoms with Crippen LogP contribution in [0.4, 0.5) is 0 Å². The van der Waals surface area contributed by atoms with Gasteiger partial charge in [0, 0.05) is 37.2 Å². The van der Waals surface area contributed by atoms with E-state index in [0.29, 0.717) is 17.3 Å². The Morgan fingerprint density at radius 3 is 2.84 bits per heavy atom. The quantitative estimate of drug-likeness (QED) is 0.926. The van der Waals surface area contributed by atoms with Gasteiger partial charge in [0.2, 0.25) is 6.79 Å². The number of nitrogens with zero attached hydrogens (tertiary/aromatic N) is 1. The molecule has 1 aromatic carbocycles. The van der Waals surface area contributed by atoms with Gasteiger partial charge in [0.25, 0.3) is 0 Å². The second-order valence-corrected chi connectivity index (χ2v) is 6.27. The molecule has 0 saturated carbocycles. The van der Waals surface area contributed by atoms with Crippen LogP contribution in [0.5, 0.6) is 11.5 Å². The Balaban J connectivity index is 1.88. The molecule has 0 aliphatic carbocycles. The number of hydrogen-bond acceptors (Lipinski definition) is 5. The summed E-state index contributed by atoms with van der Waals surface area (Å²) in [6.07, 6.45) is 0. The summed E-state index contributed by atoms with van der Waals surface area (Å²) in [4.78, 5) is 2.42. The van der Waals surface area contributed by atoms with Crippen molar-refractivity contribution >= 4 is 23.4 Å². The summed E-state index contributed by atoms with van der Waals surface area (Å²) in [5.41, 5.74) is 7.08. The summed E-state index contributed by atoms with van der Waals surface area (Å²) in [5.74, 6) is 3.70. The normalized spacial score (nSPS) is 20.5. The molecule has 2 N–H and O–H groups in total. The highest BCUT2D eigenvalue weighted by Gasteiger charge is 2.25. The van der Waals surface area contributed by atoms with Crippen LogP contribution in [0, 0.1) is 0 Å². The maximum Gasteiger partial charge on any atom is 0.231 e. The van der Waals surface area contributed by atoms with Crippen molar-refractivity contribution in [1.29, 1.82) is 0 Å². The van der Waals surface area contributed by atoms with Crippen molar-refractivity contribution in [3.8, 4) is 11.5 Å². The molecule has 1 atom stereocenters. The van der Waals surface area contributed by atoms with Crippen LogP contribution in [0.25, 0.3) is 0 Å². The van der Waals surface area contributed by atoms with Crippen LogP contribution < -0.4 is 15.2 Å². The number of nitrogens with two attached hydrogens (primary N) is 1. The van der Waals surface area contributed by atoms with E-state index < -0.39 is 0 Å². The molecule has 1 saturated heterocycles. The Hall–Kier alpha value is -0.620. The van der Waals surface area contributed by atoms with Gasteiger partial charge in [0.1, 0.15) is 0 Å². The van der Waals surface area contributed by atoms with Gasteiger partial charge in [-0.3, -0.25) is 4.90 Å². The molecule has 2 aliphatic heterocycles. The van der Waals surface area contributed by atoms with E-state index in [9.17, 15) is 0 Å². The lowest BCUT2D eigenvalue weighted by Gasteiger charge is -2.34. The largest absolute Gasteiger partial charge is 0.454 e. The molecule has 3 rings (SSSR count). The molecule has 1 unspecified atom stereocenters. The van der Waals surface area contributed by atoms with Gasteiger partial charge in [-0.05, 0) is 17.7 Å². The number of fused-ring (bicyclic) bond motifs is 1. The number of ether oxygens (including phenoxy) is 2. The summed E-state index contributed by atoms with van der Waals surface area (Å²) < 4.78 is 10.8. The lowest BCUT2D eigenvalue weighted by Crippen LogP contribution is -2.39. The van der Waals surface area contributed by atoms with Gasteiger partial charge in [0.15, 0.2) is 11.5 Å². The van der Waals surface area contributed by atoms with E-state index in [1.165, 1.54) is 0 Å². The summed E-state index contributed by atoms with van der Waals surface area (Å²) in [5, 5.41) is 0.606. The van der Waals surface area contributed by atoms with E-state index in [-0.39, 0.29) is 12.8 Å². The van der Waals surface area contributed by atoms with Crippen molar-refractivity contribution in [1.82, 2.24) is 4.90 Å². The van der Waals surface area contributed by atoms with Gasteiger partial charge in [-0.2, -0.15) is 11.8 Å². The number of benzene rings is 1. The van der Waals surface area contributed by atoms with Gasteiger partial charge in [-0.1, -0.05) is 11.6 Å². The molecule has 2 heterocycles. The molecule has 0 spiro atoms. The van der Waals surface area contributed by atoms with Gasteiger partial charge < -0.3 is 15.2 Å². The first-order valence-electron chi connectivity index (χ1n) is 6.40. The number of halogens is 1. The second kappa shape index (κ2) is 5.79. The molecule has 19 heavy (non-hydrogen) atoms. The van der Waals surface area contributed by atoms with Crippen LogP contribution in [-0.4, -0.2) is 42.8 Å². The molecule has 1 fully saturated rings. The monoisotopic (exact) mass is 300 g/mol. The maximum absolute atomic E-state index is 6.25. The highest BCUT2D eigenvalue weighted by Crippen LogP contribution is 2.41. The Morgan fingerprint density at radius 2 is 2.11 bits per heavy atom. The van der Waals surface area contributed by atoms with E-state index in [1.807, 2.05) is 23.9 Å². The fourth-order valence-electron chi connectivity index (χ4n) is 2.56. The Bertz CT molecular complexity index is 466. The fraction of sp³-hybridized carbons (Fsp3) is 0.538. The minimum Gasteiger partial charge on any atom is -0.454 e. The average molecular weight is 301 g/mol. The first-order valence-corrected chi connectivity index (χ1v) is 7.94. The fourth-order valence-corrected chi connectivity index (χ4v) is 3.77. The number of rotatable bonds is 3. The van der Waals surface area contributed by atoms with Crippen LogP contribution in [0.1, 0.15) is 11.6 Å². The molecule has 2 aliphatic rings. The van der Waals surface area contributed by atoms with Gasteiger partial charge >= 0.3 is 0 Å². The van der Waals surface area contributed by atoms with Crippen molar-refractivity contribution in [3.63, 3.8) is 0 Å². The SMILES string of the molecule is NCC(c1cc(Cl)c2c(c1)OCO2)N1CCSCC1. The molecule has 6 heteroatoms. The van der Waals surface area contributed by atoms with Crippen molar-refractivity contribution in [2.75, 3.05) is 37.9 Å². The van der Waals surface area contributed by atoms with Gasteiger partial charge in [0.05, 0.1) is 5.02 Å². The third-order valence-electron chi connectivity index (χ3n) is 3.54. The summed E-state index contributed by atoms with van der Waals surface area (Å²) >= 11 is 8.24. The van der Waals surface area contributed by atoms with Crippen molar-refractivity contribution < 1.29 is 9.47 Å². The lowest BCUT2D eigenvalue weighted by atomic mass is 10.0. The second-order valence-electron chi connectivity index (χ2n) is 4.64. The number of thioether (sulfide) groups is 1. The summed E-state index contributed by atoms with van der Waals surface area (Å²) in [6.45, 7) is 2.96. The van der Waals surface area contributed by atoms with Crippen LogP contribution in [0.2, 0.25) is 5.02 Å². The Kier molecular flexibility index (Phi) is 4.07. The van der Waals surface area contributed by atoms with Crippen molar-refractivity contribution in [3.05, 3.63) is 22.7 Å². The predicted octanol–water partition coefficient (Wildman–Crippen LogP) is 2.12. The smallest absolute Gasteiger partial charge is 0.231 e. The third kappa shape index (κ3) is 2.65. The summed E-state index contributed by atoms with van der Waals surface area (Å²) in [7, 11) is 0. The van der Waals surface area contributed by atoms with E-state index in [4.69, 9.17) is 26.8 Å². The molecule has 0 radical (unpaired) electrons. The molecule has 4 nitrogen and oxygen atoms in total. The Morgan fingerprint density at radius 1 is 1.32 bits per heavy atom. The zero-order valence-corrected chi connectivity index (χ0v) is 12.2.